The van der Waals surface area contributed by atoms with Crippen LogP contribution < -0.4 is 4.74 Å². The summed E-state index contributed by atoms with van der Waals surface area (Å²) in [6, 6.07) is 9.26. The van der Waals surface area contributed by atoms with Gasteiger partial charge in [0.25, 0.3) is 0 Å². The van der Waals surface area contributed by atoms with Gasteiger partial charge in [-0.3, -0.25) is 9.69 Å². The summed E-state index contributed by atoms with van der Waals surface area (Å²) in [5, 5.41) is 10.6. The first-order valence-corrected chi connectivity index (χ1v) is 13.4. The molecule has 5 rings (SSSR count). The van der Waals surface area contributed by atoms with Gasteiger partial charge in [-0.05, 0) is 93.6 Å². The summed E-state index contributed by atoms with van der Waals surface area (Å²) < 4.78 is 11.6. The molecule has 3 aliphatic rings. The number of carbonyl (C=O) groups is 2. The molecule has 0 saturated carbocycles. The molecule has 1 fully saturated rings. The van der Waals surface area contributed by atoms with Crippen LogP contribution >= 0.6 is 0 Å². The van der Waals surface area contributed by atoms with Crippen LogP contribution in [0.4, 0.5) is 4.79 Å². The fourth-order valence-corrected chi connectivity index (χ4v) is 5.34. The van der Waals surface area contributed by atoms with Crippen LogP contribution in [0.25, 0.3) is 5.57 Å². The number of ether oxygens (including phenoxy) is 2. The molecule has 1 N–H and O–H groups in total. The smallest absolute Gasteiger partial charge is 0.410 e. The Morgan fingerprint density at radius 2 is 1.89 bits per heavy atom. The van der Waals surface area contributed by atoms with E-state index in [1.54, 1.807) is 30.2 Å². The zero-order valence-electron chi connectivity index (χ0n) is 22.7. The number of allylic oxidation sites excluding steroid dienone is 4. The number of likely N-dealkylation sites (tertiary alicyclic amines) is 1. The summed E-state index contributed by atoms with van der Waals surface area (Å²) in [5.74, 6) is 0.724. The minimum absolute atomic E-state index is 0.160. The quantitative estimate of drug-likeness (QED) is 0.503. The lowest BCUT2D eigenvalue weighted by atomic mass is 9.99. The number of benzene rings is 2. The summed E-state index contributed by atoms with van der Waals surface area (Å²) >= 11 is 0. The van der Waals surface area contributed by atoms with Crippen molar-refractivity contribution in [3.8, 4) is 11.5 Å². The Labute approximate surface area is 224 Å². The molecule has 1 aliphatic carbocycles. The van der Waals surface area contributed by atoms with E-state index in [4.69, 9.17) is 9.47 Å². The van der Waals surface area contributed by atoms with Crippen molar-refractivity contribution >= 4 is 17.4 Å². The number of rotatable bonds is 5. The Bertz CT molecular complexity index is 1330. The molecule has 2 heterocycles. The number of amides is 1. The molecule has 0 atom stereocenters. The summed E-state index contributed by atoms with van der Waals surface area (Å²) in [6.07, 6.45) is 7.74. The van der Waals surface area contributed by atoms with Gasteiger partial charge in [-0.2, -0.15) is 0 Å². The molecule has 0 aromatic heterocycles. The second-order valence-electron chi connectivity index (χ2n) is 11.4. The number of ketones is 1. The van der Waals surface area contributed by atoms with Crippen LogP contribution in [0.5, 0.6) is 11.5 Å². The number of aromatic hydroxyl groups is 1. The summed E-state index contributed by atoms with van der Waals surface area (Å²) in [4.78, 5) is 29.6. The zero-order valence-corrected chi connectivity index (χ0v) is 22.7. The first-order valence-electron chi connectivity index (χ1n) is 13.4. The van der Waals surface area contributed by atoms with Gasteiger partial charge in [0.15, 0.2) is 5.76 Å². The molecule has 7 nitrogen and oxygen atoms in total. The van der Waals surface area contributed by atoms with Gasteiger partial charge in [-0.1, -0.05) is 30.7 Å². The molecule has 0 bridgehead atoms. The van der Waals surface area contributed by atoms with Crippen molar-refractivity contribution in [2.75, 3.05) is 20.1 Å². The van der Waals surface area contributed by atoms with Crippen LogP contribution in [0, 0.1) is 0 Å². The summed E-state index contributed by atoms with van der Waals surface area (Å²) in [7, 11) is 1.73. The Morgan fingerprint density at radius 3 is 2.63 bits per heavy atom. The number of fused-ring (bicyclic) bond motifs is 2. The Hall–Kier alpha value is -3.58. The molecule has 7 heteroatoms. The van der Waals surface area contributed by atoms with Gasteiger partial charge in [0.05, 0.1) is 11.1 Å². The minimum atomic E-state index is -0.555. The van der Waals surface area contributed by atoms with E-state index in [1.165, 1.54) is 6.42 Å². The van der Waals surface area contributed by atoms with Gasteiger partial charge in [0.1, 0.15) is 17.1 Å². The van der Waals surface area contributed by atoms with Crippen LogP contribution in [0.2, 0.25) is 0 Å². The van der Waals surface area contributed by atoms with Crippen molar-refractivity contribution in [3.05, 3.63) is 76.1 Å². The Balaban J connectivity index is 1.36. The highest BCUT2D eigenvalue weighted by molar-refractivity contribution is 6.14. The van der Waals surface area contributed by atoms with Gasteiger partial charge in [-0.25, -0.2) is 4.79 Å². The van der Waals surface area contributed by atoms with Gasteiger partial charge < -0.3 is 19.5 Å². The van der Waals surface area contributed by atoms with E-state index in [0.29, 0.717) is 36.4 Å². The lowest BCUT2D eigenvalue weighted by Crippen LogP contribution is -2.34. The fraction of sp³-hybridized carbons (Fsp3) is 0.419. The summed E-state index contributed by atoms with van der Waals surface area (Å²) in [6.45, 7) is 8.51. The third-order valence-electron chi connectivity index (χ3n) is 7.26. The number of phenolic OH excluding ortho intramolecular Hbond substituents is 1. The van der Waals surface area contributed by atoms with E-state index in [0.717, 1.165) is 48.2 Å². The second kappa shape index (κ2) is 10.3. The predicted molar refractivity (Wildman–Crippen MR) is 146 cm³/mol. The van der Waals surface area contributed by atoms with Crippen LogP contribution in [0.15, 0.2) is 48.2 Å². The fourth-order valence-electron chi connectivity index (χ4n) is 5.34. The predicted octanol–water partition coefficient (Wildman–Crippen LogP) is 5.84. The monoisotopic (exact) mass is 516 g/mol. The van der Waals surface area contributed by atoms with E-state index < -0.39 is 5.60 Å². The number of carbonyl (C=O) groups excluding carboxylic acids is 2. The highest BCUT2D eigenvalue weighted by atomic mass is 16.6. The van der Waals surface area contributed by atoms with Crippen molar-refractivity contribution in [3.63, 3.8) is 0 Å². The van der Waals surface area contributed by atoms with E-state index in [9.17, 15) is 14.7 Å². The van der Waals surface area contributed by atoms with Gasteiger partial charge in [-0.15, -0.1) is 0 Å². The van der Waals surface area contributed by atoms with Crippen molar-refractivity contribution in [2.45, 2.75) is 65.1 Å². The maximum Gasteiger partial charge on any atom is 0.410 e. The molecule has 1 saturated heterocycles. The number of hydrogen-bond donors (Lipinski definition) is 1. The minimum Gasteiger partial charge on any atom is -0.507 e. The number of hydrogen-bond acceptors (Lipinski definition) is 6. The number of phenols is 1. The van der Waals surface area contributed by atoms with Crippen LogP contribution in [-0.4, -0.2) is 52.5 Å². The van der Waals surface area contributed by atoms with Crippen molar-refractivity contribution in [2.24, 2.45) is 0 Å². The summed E-state index contributed by atoms with van der Waals surface area (Å²) in [5.41, 5.74) is 4.72. The second-order valence-corrected chi connectivity index (χ2v) is 11.4. The van der Waals surface area contributed by atoms with Crippen LogP contribution in [-0.2, 0) is 24.2 Å². The number of piperidine rings is 1. The van der Waals surface area contributed by atoms with Crippen molar-refractivity contribution in [1.82, 2.24) is 9.80 Å². The maximum atomic E-state index is 13.3. The van der Waals surface area contributed by atoms with Crippen molar-refractivity contribution < 1.29 is 24.2 Å². The van der Waals surface area contributed by atoms with E-state index >= 15 is 0 Å². The van der Waals surface area contributed by atoms with Crippen LogP contribution in [0.1, 0.15) is 72.6 Å². The average Bonchev–Trinajstić information content (AvgIpc) is 3.42. The van der Waals surface area contributed by atoms with Gasteiger partial charge >= 0.3 is 6.09 Å². The largest absolute Gasteiger partial charge is 0.507 e. The average molecular weight is 517 g/mol. The zero-order chi connectivity index (χ0) is 27.0. The molecule has 1 amide bonds. The molecule has 2 aliphatic heterocycles. The molecular formula is C31H36N2O5. The van der Waals surface area contributed by atoms with Gasteiger partial charge in [0, 0.05) is 20.1 Å². The number of nitrogens with zero attached hydrogens (tertiary/aromatic N) is 2. The molecule has 2 aromatic carbocycles. The molecule has 200 valence electrons. The third kappa shape index (κ3) is 5.34. The standard InChI is InChI=1S/C31H36N2O5/c1-31(2,3)38-30(36)32(4)18-21-9-8-10-22-20(11-12-23(21)22)17-27-28(35)24-13-14-26(34)25(29(24)37-27)19-33-15-6-5-7-16-33/h8-11,13-14,17,34H,5-7,12,15-16,18-19H2,1-4H3/b27-17-. The normalized spacial score (nSPS) is 18.2. The Morgan fingerprint density at radius 1 is 1.13 bits per heavy atom. The highest BCUT2D eigenvalue weighted by Crippen LogP contribution is 2.41. The topological polar surface area (TPSA) is 79.3 Å². The molecule has 0 unspecified atom stereocenters. The van der Waals surface area contributed by atoms with E-state index in [-0.39, 0.29) is 23.4 Å². The molecular weight excluding hydrogens is 480 g/mol. The van der Waals surface area contributed by atoms with Crippen molar-refractivity contribution in [1.29, 1.82) is 0 Å². The molecule has 0 radical (unpaired) electrons. The Kier molecular flexibility index (Phi) is 7.05. The molecule has 2 aromatic rings. The van der Waals surface area contributed by atoms with Crippen LogP contribution in [0.3, 0.4) is 0 Å². The van der Waals surface area contributed by atoms with Gasteiger partial charge in [0.2, 0.25) is 5.78 Å². The maximum absolute atomic E-state index is 13.3. The lowest BCUT2D eigenvalue weighted by Gasteiger charge is -2.27. The van der Waals surface area contributed by atoms with E-state index in [1.807, 2.05) is 39.0 Å². The third-order valence-corrected chi connectivity index (χ3v) is 7.26. The number of Topliss-reactive ketones (excluding diaryl/α,β-unsaturated/α-hetero) is 1. The molecule has 38 heavy (non-hydrogen) atoms. The SMILES string of the molecule is CN(Cc1cccc2c1CC=C2/C=C1\Oc2c(ccc(O)c2CN2CCCCC2)C1=O)C(=O)OC(C)(C)C. The first kappa shape index (κ1) is 26.0. The first-order chi connectivity index (χ1) is 18.1. The molecule has 0 spiro atoms. The highest BCUT2D eigenvalue weighted by Gasteiger charge is 2.33. The lowest BCUT2D eigenvalue weighted by molar-refractivity contribution is 0.0284. The van der Waals surface area contributed by atoms with E-state index in [2.05, 4.69) is 11.0 Å².